The van der Waals surface area contributed by atoms with Crippen LogP contribution in [0.25, 0.3) is 11.0 Å². The van der Waals surface area contributed by atoms with Gasteiger partial charge in [-0.2, -0.15) is 5.26 Å². The lowest BCUT2D eigenvalue weighted by molar-refractivity contribution is 0.628. The molecule has 0 spiro atoms. The Bertz CT molecular complexity index is 1200. The number of benzene rings is 2. The van der Waals surface area contributed by atoms with Gasteiger partial charge < -0.3 is 16.0 Å². The van der Waals surface area contributed by atoms with E-state index in [1.807, 2.05) is 36.4 Å². The Morgan fingerprint density at radius 2 is 2.00 bits per heavy atom. The second-order valence-electron chi connectivity index (χ2n) is 6.58. The lowest BCUT2D eigenvalue weighted by atomic mass is 10.0. The van der Waals surface area contributed by atoms with E-state index < -0.39 is 0 Å². The number of hydrogen-bond acceptors (Lipinski definition) is 6. The zero-order valence-corrected chi connectivity index (χ0v) is 15.5. The fraction of sp³-hybridized carbons (Fsp3) is 0.143. The highest BCUT2D eigenvalue weighted by atomic mass is 19.1. The molecule has 0 aliphatic carbocycles. The third-order valence-electron chi connectivity index (χ3n) is 4.56. The summed E-state index contributed by atoms with van der Waals surface area (Å²) < 4.78 is 14.1. The summed E-state index contributed by atoms with van der Waals surface area (Å²) in [4.78, 5) is 15.7. The molecule has 29 heavy (non-hydrogen) atoms. The minimum Gasteiger partial charge on any atom is -0.382 e. The second kappa shape index (κ2) is 7.94. The van der Waals surface area contributed by atoms with Crippen LogP contribution in [-0.2, 0) is 12.8 Å². The molecule has 4 rings (SSSR count). The number of H-pyrrole nitrogens is 1. The first-order chi connectivity index (χ1) is 14.1. The fourth-order valence-electron chi connectivity index (χ4n) is 3.21. The first-order valence-corrected chi connectivity index (χ1v) is 9.09. The van der Waals surface area contributed by atoms with Crippen LogP contribution >= 0.6 is 0 Å². The average molecular weight is 387 g/mol. The summed E-state index contributed by atoms with van der Waals surface area (Å²) in [5.41, 5.74) is 9.25. The maximum Gasteiger partial charge on any atom is 0.149 e. The molecule has 0 saturated carbocycles. The molecule has 0 aliphatic heterocycles. The van der Waals surface area contributed by atoms with Gasteiger partial charge in [-0.15, -0.1) is 0 Å². The van der Waals surface area contributed by atoms with E-state index in [4.69, 9.17) is 5.73 Å². The van der Waals surface area contributed by atoms with Crippen molar-refractivity contribution in [2.24, 2.45) is 0 Å². The van der Waals surface area contributed by atoms with Crippen LogP contribution < -0.4 is 11.1 Å². The van der Waals surface area contributed by atoms with Crippen LogP contribution in [0.4, 0.5) is 16.0 Å². The number of aromatic nitrogens is 4. The number of hydrogen-bond donors (Lipinski definition) is 3. The summed E-state index contributed by atoms with van der Waals surface area (Å²) in [5, 5.41) is 12.3. The summed E-state index contributed by atoms with van der Waals surface area (Å²) in [6, 6.07) is 14.9. The Kier molecular flexibility index (Phi) is 5.03. The predicted molar refractivity (Wildman–Crippen MR) is 109 cm³/mol. The average Bonchev–Trinajstić information content (AvgIpc) is 3.12. The number of nitrogen functional groups attached to an aromatic ring is 1. The minimum absolute atomic E-state index is 0.134. The van der Waals surface area contributed by atoms with E-state index in [1.54, 1.807) is 0 Å². The highest BCUT2D eigenvalue weighted by Crippen LogP contribution is 2.22. The monoisotopic (exact) mass is 387 g/mol. The number of aromatic amines is 1. The largest absolute Gasteiger partial charge is 0.382 e. The van der Waals surface area contributed by atoms with Crippen molar-refractivity contribution in [3.05, 3.63) is 77.1 Å². The molecule has 8 heteroatoms. The smallest absolute Gasteiger partial charge is 0.149 e. The minimum atomic E-state index is -0.299. The maximum atomic E-state index is 14.1. The quantitative estimate of drug-likeness (QED) is 0.468. The van der Waals surface area contributed by atoms with Crippen molar-refractivity contribution >= 4 is 22.7 Å². The van der Waals surface area contributed by atoms with E-state index in [-0.39, 0.29) is 17.2 Å². The van der Waals surface area contributed by atoms with Crippen LogP contribution in [0.15, 0.2) is 48.8 Å². The van der Waals surface area contributed by atoms with Crippen molar-refractivity contribution in [2.45, 2.75) is 12.8 Å². The molecule has 7 nitrogen and oxygen atoms in total. The number of imidazole rings is 1. The molecule has 0 fully saturated rings. The number of nitrogens with zero attached hydrogens (tertiary/aromatic N) is 4. The lowest BCUT2D eigenvalue weighted by Crippen LogP contribution is -2.10. The molecule has 0 unspecified atom stereocenters. The van der Waals surface area contributed by atoms with Gasteiger partial charge >= 0.3 is 0 Å². The summed E-state index contributed by atoms with van der Waals surface area (Å²) in [7, 11) is 0. The molecule has 0 atom stereocenters. The van der Waals surface area contributed by atoms with Gasteiger partial charge in [-0.1, -0.05) is 30.3 Å². The molecule has 0 aliphatic rings. The van der Waals surface area contributed by atoms with Gasteiger partial charge in [0.2, 0.25) is 0 Å². The first kappa shape index (κ1) is 18.4. The number of fused-ring (bicyclic) bond motifs is 1. The van der Waals surface area contributed by atoms with E-state index in [9.17, 15) is 9.65 Å². The number of nitriles is 1. The van der Waals surface area contributed by atoms with Crippen LogP contribution in [0.2, 0.25) is 0 Å². The zero-order chi connectivity index (χ0) is 20.2. The van der Waals surface area contributed by atoms with Gasteiger partial charge in [0, 0.05) is 13.0 Å². The Morgan fingerprint density at radius 1 is 1.17 bits per heavy atom. The number of nitrogens with two attached hydrogens (primary N) is 1. The van der Waals surface area contributed by atoms with Gasteiger partial charge in [0.15, 0.2) is 0 Å². The molecular weight excluding hydrogens is 369 g/mol. The van der Waals surface area contributed by atoms with Crippen LogP contribution in [0.1, 0.15) is 22.5 Å². The van der Waals surface area contributed by atoms with Crippen molar-refractivity contribution in [3.63, 3.8) is 0 Å². The molecule has 4 aromatic rings. The molecule has 2 heterocycles. The molecule has 2 aromatic heterocycles. The molecule has 2 aromatic carbocycles. The lowest BCUT2D eigenvalue weighted by Gasteiger charge is -2.06. The molecule has 0 amide bonds. The van der Waals surface area contributed by atoms with Crippen LogP contribution in [0.3, 0.4) is 0 Å². The van der Waals surface area contributed by atoms with Crippen molar-refractivity contribution in [3.8, 4) is 6.07 Å². The van der Waals surface area contributed by atoms with E-state index in [1.165, 1.54) is 18.5 Å². The standard InChI is InChI=1S/C21H18FN7/c22-15-9-14(8-13-4-2-1-3-5-13)19-17(10-15)28-18(29-19)6-7-25-21-16(11-23)20(24)26-12-27-21/h1-5,9-10,12H,6-8H2,(H,28,29)(H3,24,25,26,27). The van der Waals surface area contributed by atoms with Gasteiger partial charge in [0.25, 0.3) is 0 Å². The number of nitrogens with one attached hydrogen (secondary N) is 2. The van der Waals surface area contributed by atoms with Crippen molar-refractivity contribution in [2.75, 3.05) is 17.6 Å². The van der Waals surface area contributed by atoms with Crippen molar-refractivity contribution < 1.29 is 4.39 Å². The Labute approximate surface area is 166 Å². The summed E-state index contributed by atoms with van der Waals surface area (Å²) >= 11 is 0. The Morgan fingerprint density at radius 3 is 2.79 bits per heavy atom. The number of halogens is 1. The Hall–Kier alpha value is -3.99. The topological polar surface area (TPSA) is 116 Å². The first-order valence-electron chi connectivity index (χ1n) is 9.09. The highest BCUT2D eigenvalue weighted by Gasteiger charge is 2.12. The second-order valence-corrected chi connectivity index (χ2v) is 6.58. The van der Waals surface area contributed by atoms with Crippen LogP contribution in [0.5, 0.6) is 0 Å². The van der Waals surface area contributed by atoms with Crippen molar-refractivity contribution in [1.29, 1.82) is 5.26 Å². The summed E-state index contributed by atoms with van der Waals surface area (Å²) in [6.07, 6.45) is 2.44. The fourth-order valence-corrected chi connectivity index (χ4v) is 3.21. The summed E-state index contributed by atoms with van der Waals surface area (Å²) in [6.45, 7) is 0.474. The summed E-state index contributed by atoms with van der Waals surface area (Å²) in [5.74, 6) is 0.932. The molecule has 0 saturated heterocycles. The number of anilines is 2. The molecular formula is C21H18FN7. The molecule has 4 N–H and O–H groups in total. The molecule has 144 valence electrons. The van der Waals surface area contributed by atoms with E-state index in [2.05, 4.69) is 25.3 Å². The third-order valence-corrected chi connectivity index (χ3v) is 4.56. The van der Waals surface area contributed by atoms with Crippen molar-refractivity contribution in [1.82, 2.24) is 19.9 Å². The van der Waals surface area contributed by atoms with E-state index in [0.717, 1.165) is 16.6 Å². The normalized spacial score (nSPS) is 10.8. The highest BCUT2D eigenvalue weighted by molar-refractivity contribution is 5.79. The van der Waals surface area contributed by atoms with Gasteiger partial charge in [0.05, 0.1) is 11.0 Å². The van der Waals surface area contributed by atoms with E-state index >= 15 is 0 Å². The number of rotatable bonds is 6. The third kappa shape index (κ3) is 3.99. The van der Waals surface area contributed by atoms with Gasteiger partial charge in [-0.3, -0.25) is 0 Å². The predicted octanol–water partition coefficient (Wildman–Crippen LogP) is 3.19. The van der Waals surface area contributed by atoms with Crippen LogP contribution in [0, 0.1) is 17.1 Å². The van der Waals surface area contributed by atoms with Gasteiger partial charge in [-0.05, 0) is 29.7 Å². The van der Waals surface area contributed by atoms with Crippen LogP contribution in [-0.4, -0.2) is 26.5 Å². The zero-order valence-electron chi connectivity index (χ0n) is 15.5. The molecule has 0 radical (unpaired) electrons. The maximum absolute atomic E-state index is 14.1. The van der Waals surface area contributed by atoms with E-state index in [0.29, 0.717) is 36.5 Å². The Balaban J connectivity index is 1.53. The van der Waals surface area contributed by atoms with Gasteiger partial charge in [0.1, 0.15) is 41.2 Å². The molecule has 0 bridgehead atoms. The van der Waals surface area contributed by atoms with Gasteiger partial charge in [-0.25, -0.2) is 19.3 Å². The SMILES string of the molecule is N#Cc1c(N)ncnc1NCCc1nc2c(Cc3ccccc3)cc(F)cc2[nH]1.